The molecule has 10 heteroatoms. The number of ether oxygens (including phenoxy) is 1. The molecule has 0 aromatic heterocycles. The number of carbonyl (C=O) groups excluding carboxylic acids is 2. The number of nitrogens with one attached hydrogen (secondary N) is 1. The Morgan fingerprint density at radius 3 is 2.02 bits per heavy atom. The Kier molecular flexibility index (Phi) is 8.79. The quantitative estimate of drug-likeness (QED) is 0.301. The molecule has 0 bridgehead atoms. The van der Waals surface area contributed by atoms with E-state index in [1.54, 1.807) is 6.07 Å². The van der Waals surface area contributed by atoms with Gasteiger partial charge >= 0.3 is 10.2 Å². The molecule has 0 saturated heterocycles. The molecular weight excluding hydrogens is 566 g/mol. The fourth-order valence-corrected chi connectivity index (χ4v) is 5.78. The molecule has 43 heavy (non-hydrogen) atoms. The summed E-state index contributed by atoms with van der Waals surface area (Å²) in [5.74, 6) is -1.86. The number of carbonyl (C=O) groups is 2. The highest BCUT2D eigenvalue weighted by molar-refractivity contribution is 7.87. The minimum absolute atomic E-state index is 0.00636. The molecule has 4 aromatic rings. The predicted molar refractivity (Wildman–Crippen MR) is 162 cm³/mol. The number of phenols is 1. The lowest BCUT2D eigenvalue weighted by molar-refractivity contribution is -0.141. The van der Waals surface area contributed by atoms with Gasteiger partial charge in [-0.2, -0.15) is 12.7 Å². The van der Waals surface area contributed by atoms with E-state index in [0.29, 0.717) is 11.1 Å². The van der Waals surface area contributed by atoms with Gasteiger partial charge in [0.1, 0.15) is 12.6 Å². The Labute approximate surface area is 251 Å². The molecule has 1 heterocycles. The molecule has 1 aliphatic rings. The fraction of sp³-hybridized carbons (Fsp3) is 0.212. The highest BCUT2D eigenvalue weighted by Gasteiger charge is 2.41. The van der Waals surface area contributed by atoms with Crippen molar-refractivity contribution >= 4 is 22.0 Å². The summed E-state index contributed by atoms with van der Waals surface area (Å²) >= 11 is 0. The predicted octanol–water partition coefficient (Wildman–Crippen LogP) is 3.98. The van der Waals surface area contributed by atoms with Crippen LogP contribution in [0, 0.1) is 0 Å². The van der Waals surface area contributed by atoms with Crippen LogP contribution >= 0.6 is 0 Å². The van der Waals surface area contributed by atoms with Gasteiger partial charge in [-0.3, -0.25) is 9.59 Å². The second-order valence-corrected chi connectivity index (χ2v) is 12.4. The van der Waals surface area contributed by atoms with E-state index < -0.39 is 28.1 Å². The zero-order valence-corrected chi connectivity index (χ0v) is 24.7. The molecule has 2 N–H and O–H groups in total. The van der Waals surface area contributed by atoms with Crippen molar-refractivity contribution < 1.29 is 27.9 Å². The first-order valence-electron chi connectivity index (χ1n) is 13.8. The molecule has 5 rings (SSSR count). The lowest BCUT2D eigenvalue weighted by atomic mass is 9.86. The maximum absolute atomic E-state index is 14.5. The van der Waals surface area contributed by atoms with Crippen molar-refractivity contribution in [3.63, 3.8) is 0 Å². The molecule has 0 fully saturated rings. The second-order valence-electron chi connectivity index (χ2n) is 10.5. The largest absolute Gasteiger partial charge is 0.504 e. The first kappa shape index (κ1) is 29.8. The van der Waals surface area contributed by atoms with Gasteiger partial charge in [0.05, 0.1) is 5.92 Å². The maximum Gasteiger partial charge on any atom is 0.303 e. The van der Waals surface area contributed by atoms with E-state index in [1.165, 1.54) is 25.1 Å². The fourth-order valence-electron chi connectivity index (χ4n) is 5.20. The van der Waals surface area contributed by atoms with E-state index in [4.69, 9.17) is 4.74 Å². The van der Waals surface area contributed by atoms with Gasteiger partial charge in [-0.25, -0.2) is 4.72 Å². The van der Waals surface area contributed by atoms with Crippen LogP contribution in [0.3, 0.4) is 0 Å². The summed E-state index contributed by atoms with van der Waals surface area (Å²) in [4.78, 5) is 29.6. The lowest BCUT2D eigenvalue weighted by Crippen LogP contribution is -2.55. The molecule has 1 aliphatic heterocycles. The minimum Gasteiger partial charge on any atom is -0.504 e. The van der Waals surface area contributed by atoms with E-state index in [0.717, 1.165) is 21.0 Å². The number of rotatable bonds is 9. The van der Waals surface area contributed by atoms with Crippen LogP contribution < -0.4 is 9.46 Å². The van der Waals surface area contributed by atoms with E-state index in [1.807, 2.05) is 91.0 Å². The van der Waals surface area contributed by atoms with Crippen LogP contribution in [0.5, 0.6) is 11.5 Å². The number of hydrogen-bond donors (Lipinski definition) is 2. The Morgan fingerprint density at radius 1 is 0.907 bits per heavy atom. The Balaban J connectivity index is 1.56. The van der Waals surface area contributed by atoms with Crippen LogP contribution in [0.4, 0.5) is 0 Å². The number of hydrogen-bond acceptors (Lipinski definition) is 6. The van der Waals surface area contributed by atoms with Crippen molar-refractivity contribution in [2.45, 2.75) is 31.5 Å². The Morgan fingerprint density at radius 2 is 1.47 bits per heavy atom. The number of fused-ring (bicyclic) bond motifs is 1. The van der Waals surface area contributed by atoms with Crippen molar-refractivity contribution in [3.05, 3.63) is 131 Å². The molecule has 0 radical (unpaired) electrons. The number of nitrogens with zero attached hydrogens (tertiary/aromatic N) is 2. The monoisotopic (exact) mass is 599 g/mol. The van der Waals surface area contributed by atoms with Crippen LogP contribution in [0.15, 0.2) is 103 Å². The molecule has 0 spiro atoms. The van der Waals surface area contributed by atoms with E-state index in [9.17, 15) is 23.1 Å². The third-order valence-corrected chi connectivity index (χ3v) is 8.91. The standard InChI is InChI=1S/C33H33N3O6S/c1-35(2)43(40,41)34-32(38)28-20-27-26(18-19-29(37)31(27)42-22-23-12-6-3-7-13-23)21-36(28)33(39)30(24-14-8-4-9-15-24)25-16-10-5-11-17-25/h3-19,28,30,37H,20-22H2,1-2H3,(H,34,38)/t28-/m0/s1. The molecule has 0 saturated carbocycles. The summed E-state index contributed by atoms with van der Waals surface area (Å²) in [6.07, 6.45) is -0.0648. The number of amides is 2. The van der Waals surface area contributed by atoms with Gasteiger partial charge in [-0.05, 0) is 28.3 Å². The normalized spacial score (nSPS) is 14.8. The molecule has 4 aromatic carbocycles. The third-order valence-electron chi connectivity index (χ3n) is 7.49. The van der Waals surface area contributed by atoms with Gasteiger partial charge in [0.15, 0.2) is 11.5 Å². The van der Waals surface area contributed by atoms with Crippen LogP contribution in [-0.2, 0) is 39.4 Å². The summed E-state index contributed by atoms with van der Waals surface area (Å²) in [5, 5.41) is 10.8. The third kappa shape index (κ3) is 6.55. The van der Waals surface area contributed by atoms with Crippen molar-refractivity contribution in [2.75, 3.05) is 14.1 Å². The van der Waals surface area contributed by atoms with Gasteiger partial charge in [0.25, 0.3) is 5.91 Å². The number of phenolic OH excluding ortho intramolecular Hbond substituents is 1. The zero-order chi connectivity index (χ0) is 30.6. The van der Waals surface area contributed by atoms with Gasteiger partial charge in [-0.15, -0.1) is 0 Å². The van der Waals surface area contributed by atoms with Gasteiger partial charge in [-0.1, -0.05) is 97.1 Å². The van der Waals surface area contributed by atoms with Gasteiger partial charge in [0.2, 0.25) is 5.91 Å². The first-order valence-corrected chi connectivity index (χ1v) is 15.2. The lowest BCUT2D eigenvalue weighted by Gasteiger charge is -2.38. The van der Waals surface area contributed by atoms with Crippen molar-refractivity contribution in [1.82, 2.24) is 13.9 Å². The molecule has 0 aliphatic carbocycles. The summed E-state index contributed by atoms with van der Waals surface area (Å²) in [5.41, 5.74) is 3.59. The maximum atomic E-state index is 14.5. The van der Waals surface area contributed by atoms with E-state index >= 15 is 0 Å². The summed E-state index contributed by atoms with van der Waals surface area (Å²) in [6.45, 7) is 0.176. The average Bonchev–Trinajstić information content (AvgIpc) is 3.01. The van der Waals surface area contributed by atoms with Crippen LogP contribution in [0.25, 0.3) is 0 Å². The topological polar surface area (TPSA) is 116 Å². The highest BCUT2D eigenvalue weighted by Crippen LogP contribution is 2.39. The van der Waals surface area contributed by atoms with Crippen molar-refractivity contribution in [1.29, 1.82) is 0 Å². The minimum atomic E-state index is -4.15. The van der Waals surface area contributed by atoms with E-state index in [-0.39, 0.29) is 37.0 Å². The number of aromatic hydroxyl groups is 1. The zero-order valence-electron chi connectivity index (χ0n) is 23.9. The summed E-state index contributed by atoms with van der Waals surface area (Å²) < 4.78 is 34.4. The van der Waals surface area contributed by atoms with Crippen LogP contribution in [0.2, 0.25) is 0 Å². The van der Waals surface area contributed by atoms with Crippen LogP contribution in [0.1, 0.15) is 33.7 Å². The van der Waals surface area contributed by atoms with Gasteiger partial charge < -0.3 is 14.7 Å². The molecule has 0 unspecified atom stereocenters. The summed E-state index contributed by atoms with van der Waals surface area (Å²) in [7, 11) is -1.53. The Hall–Kier alpha value is -4.67. The van der Waals surface area contributed by atoms with E-state index in [2.05, 4.69) is 4.72 Å². The van der Waals surface area contributed by atoms with Crippen LogP contribution in [-0.4, -0.2) is 54.7 Å². The highest BCUT2D eigenvalue weighted by atomic mass is 32.2. The molecule has 9 nitrogen and oxygen atoms in total. The average molecular weight is 600 g/mol. The first-order chi connectivity index (χ1) is 20.7. The Bertz CT molecular complexity index is 1660. The summed E-state index contributed by atoms with van der Waals surface area (Å²) in [6, 6.07) is 29.9. The molecular formula is C33H33N3O6S. The van der Waals surface area contributed by atoms with Crippen molar-refractivity contribution in [2.24, 2.45) is 0 Å². The SMILES string of the molecule is CN(C)S(=O)(=O)NC(=O)[C@@H]1Cc2c(ccc(O)c2OCc2ccccc2)CN1C(=O)C(c1ccccc1)c1ccccc1. The molecule has 1 atom stereocenters. The number of benzene rings is 4. The van der Waals surface area contributed by atoms with Crippen molar-refractivity contribution in [3.8, 4) is 11.5 Å². The smallest absolute Gasteiger partial charge is 0.303 e. The molecule has 2 amide bonds. The molecule has 222 valence electrons. The second kappa shape index (κ2) is 12.7. The van der Waals surface area contributed by atoms with Gasteiger partial charge in [0, 0.05) is 32.6 Å².